The van der Waals surface area contributed by atoms with E-state index >= 15 is 0 Å². The third-order valence-electron chi connectivity index (χ3n) is 2.74. The van der Waals surface area contributed by atoms with Gasteiger partial charge in [-0.3, -0.25) is 4.68 Å². The lowest BCUT2D eigenvalue weighted by Crippen LogP contribution is -2.16. The first kappa shape index (κ1) is 12.7. The molecule has 18 heavy (non-hydrogen) atoms. The molecule has 1 unspecified atom stereocenters. The normalized spacial score (nSPS) is 13.5. The lowest BCUT2D eigenvalue weighted by molar-refractivity contribution is 0.601. The fourth-order valence-corrected chi connectivity index (χ4v) is 2.30. The summed E-state index contributed by atoms with van der Waals surface area (Å²) < 4.78 is 24.3. The topological polar surface area (TPSA) is 90.9 Å². The Bertz CT molecular complexity index is 646. The molecule has 0 aliphatic heterocycles. The Morgan fingerprint density at radius 2 is 1.89 bits per heavy atom. The lowest BCUT2D eigenvalue weighted by atomic mass is 10.1. The average Bonchev–Trinajstić information content (AvgIpc) is 2.73. The summed E-state index contributed by atoms with van der Waals surface area (Å²) in [6, 6.07) is 6.13. The molecule has 6 nitrogen and oxygen atoms in total. The SMILES string of the molecule is Cn1nncc1C(N)c1ccc(S(C)(=O)=O)cc1. The minimum atomic E-state index is -3.18. The van der Waals surface area contributed by atoms with Gasteiger partial charge >= 0.3 is 0 Å². The summed E-state index contributed by atoms with van der Waals surface area (Å²) in [6.07, 6.45) is 2.77. The molecule has 2 rings (SSSR count). The van der Waals surface area contributed by atoms with E-state index in [0.717, 1.165) is 11.3 Å². The van der Waals surface area contributed by atoms with Gasteiger partial charge in [-0.25, -0.2) is 8.42 Å². The molecule has 2 aromatic rings. The predicted octanol–water partition coefficient (Wildman–Crippen LogP) is 0.267. The summed E-state index contributed by atoms with van der Waals surface area (Å²) in [7, 11) is -1.42. The van der Waals surface area contributed by atoms with E-state index in [9.17, 15) is 8.42 Å². The number of aryl methyl sites for hydroxylation is 1. The molecule has 0 bridgehead atoms. The van der Waals surface area contributed by atoms with Gasteiger partial charge in [0.25, 0.3) is 0 Å². The summed E-state index contributed by atoms with van der Waals surface area (Å²) in [6.45, 7) is 0. The monoisotopic (exact) mass is 266 g/mol. The number of sulfone groups is 1. The molecule has 0 spiro atoms. The summed E-state index contributed by atoms with van der Waals surface area (Å²) in [4.78, 5) is 0.279. The number of rotatable bonds is 3. The van der Waals surface area contributed by atoms with Gasteiger partial charge in [-0.1, -0.05) is 17.3 Å². The van der Waals surface area contributed by atoms with Gasteiger partial charge in [0.05, 0.1) is 22.8 Å². The molecule has 0 fully saturated rings. The maximum absolute atomic E-state index is 11.3. The van der Waals surface area contributed by atoms with Crippen molar-refractivity contribution >= 4 is 9.84 Å². The van der Waals surface area contributed by atoms with Crippen LogP contribution < -0.4 is 5.73 Å². The second-order valence-corrected chi connectivity index (χ2v) is 6.12. The predicted molar refractivity (Wildman–Crippen MR) is 66.6 cm³/mol. The molecule has 96 valence electrons. The quantitative estimate of drug-likeness (QED) is 0.861. The van der Waals surface area contributed by atoms with Crippen molar-refractivity contribution < 1.29 is 8.42 Å². The van der Waals surface area contributed by atoms with E-state index in [1.807, 2.05) is 0 Å². The molecule has 1 heterocycles. The van der Waals surface area contributed by atoms with Crippen molar-refractivity contribution in [1.29, 1.82) is 0 Å². The molecule has 1 aromatic carbocycles. The first-order valence-corrected chi connectivity index (χ1v) is 7.19. The van der Waals surface area contributed by atoms with E-state index in [0.29, 0.717) is 0 Å². The zero-order chi connectivity index (χ0) is 13.3. The van der Waals surface area contributed by atoms with Crippen LogP contribution in [0.15, 0.2) is 35.4 Å². The smallest absolute Gasteiger partial charge is 0.175 e. The Balaban J connectivity index is 2.33. The molecule has 0 aliphatic carbocycles. The average molecular weight is 266 g/mol. The molecule has 1 atom stereocenters. The van der Waals surface area contributed by atoms with E-state index < -0.39 is 9.84 Å². The van der Waals surface area contributed by atoms with E-state index in [4.69, 9.17) is 5.73 Å². The van der Waals surface area contributed by atoms with Gasteiger partial charge in [0.2, 0.25) is 0 Å². The third-order valence-corrected chi connectivity index (χ3v) is 3.86. The highest BCUT2D eigenvalue weighted by atomic mass is 32.2. The molecular formula is C11H14N4O2S. The number of benzene rings is 1. The minimum absolute atomic E-state index is 0.279. The second kappa shape index (κ2) is 4.51. The van der Waals surface area contributed by atoms with Crippen molar-refractivity contribution in [2.45, 2.75) is 10.9 Å². The van der Waals surface area contributed by atoms with Crippen LogP contribution in [0.3, 0.4) is 0 Å². The standard InChI is InChI=1S/C11H14N4O2S/c1-15-10(7-13-14-15)11(12)8-3-5-9(6-4-8)18(2,16)17/h3-7,11H,12H2,1-2H3. The van der Waals surface area contributed by atoms with Crippen LogP contribution in [0.4, 0.5) is 0 Å². The molecule has 0 saturated carbocycles. The highest BCUT2D eigenvalue weighted by Gasteiger charge is 2.14. The molecular weight excluding hydrogens is 252 g/mol. The number of hydrogen-bond donors (Lipinski definition) is 1. The molecule has 0 saturated heterocycles. The number of hydrogen-bond acceptors (Lipinski definition) is 5. The Morgan fingerprint density at radius 1 is 1.28 bits per heavy atom. The first-order valence-electron chi connectivity index (χ1n) is 5.30. The third kappa shape index (κ3) is 2.41. The highest BCUT2D eigenvalue weighted by molar-refractivity contribution is 7.90. The van der Waals surface area contributed by atoms with Crippen LogP contribution in [0.5, 0.6) is 0 Å². The Hall–Kier alpha value is -1.73. The molecule has 0 aliphatic rings. The fraction of sp³-hybridized carbons (Fsp3) is 0.273. The van der Waals surface area contributed by atoms with Gasteiger partial charge in [-0.15, -0.1) is 5.10 Å². The van der Waals surface area contributed by atoms with Crippen molar-refractivity contribution in [3.63, 3.8) is 0 Å². The van der Waals surface area contributed by atoms with Crippen LogP contribution in [0.1, 0.15) is 17.3 Å². The van der Waals surface area contributed by atoms with Crippen LogP contribution in [-0.4, -0.2) is 29.7 Å². The van der Waals surface area contributed by atoms with Gasteiger partial charge in [-0.2, -0.15) is 0 Å². The molecule has 2 N–H and O–H groups in total. The number of nitrogens with zero attached hydrogens (tertiary/aromatic N) is 3. The van der Waals surface area contributed by atoms with Crippen molar-refractivity contribution in [3.05, 3.63) is 41.7 Å². The Labute approximate surface area is 105 Å². The minimum Gasteiger partial charge on any atom is -0.319 e. The Morgan fingerprint density at radius 3 is 2.33 bits per heavy atom. The second-order valence-electron chi connectivity index (χ2n) is 4.10. The van der Waals surface area contributed by atoms with Gasteiger partial charge in [0, 0.05) is 13.3 Å². The zero-order valence-electron chi connectivity index (χ0n) is 10.1. The van der Waals surface area contributed by atoms with Crippen LogP contribution >= 0.6 is 0 Å². The van der Waals surface area contributed by atoms with Crippen molar-refractivity contribution in [1.82, 2.24) is 15.0 Å². The summed E-state index contributed by atoms with van der Waals surface area (Å²) in [5.74, 6) is 0. The van der Waals surface area contributed by atoms with Crippen molar-refractivity contribution in [3.8, 4) is 0 Å². The number of aromatic nitrogens is 3. The molecule has 0 amide bonds. The molecule has 7 heteroatoms. The summed E-state index contributed by atoms with van der Waals surface area (Å²) >= 11 is 0. The van der Waals surface area contributed by atoms with Crippen LogP contribution in [0, 0.1) is 0 Å². The number of nitrogens with two attached hydrogens (primary N) is 1. The van der Waals surface area contributed by atoms with Crippen LogP contribution in [0.2, 0.25) is 0 Å². The molecule has 1 aromatic heterocycles. The van der Waals surface area contributed by atoms with Crippen molar-refractivity contribution in [2.75, 3.05) is 6.26 Å². The maximum atomic E-state index is 11.3. The maximum Gasteiger partial charge on any atom is 0.175 e. The van der Waals surface area contributed by atoms with Gasteiger partial charge < -0.3 is 5.73 Å². The van der Waals surface area contributed by atoms with Gasteiger partial charge in [0.1, 0.15) is 0 Å². The largest absolute Gasteiger partial charge is 0.319 e. The van der Waals surface area contributed by atoms with E-state index in [1.165, 1.54) is 6.26 Å². The summed E-state index contributed by atoms with van der Waals surface area (Å²) in [5, 5.41) is 7.57. The zero-order valence-corrected chi connectivity index (χ0v) is 10.9. The van der Waals surface area contributed by atoms with E-state index in [-0.39, 0.29) is 10.9 Å². The van der Waals surface area contributed by atoms with E-state index in [2.05, 4.69) is 10.3 Å². The van der Waals surface area contributed by atoms with E-state index in [1.54, 1.807) is 42.2 Å². The highest BCUT2D eigenvalue weighted by Crippen LogP contribution is 2.19. The van der Waals surface area contributed by atoms with Gasteiger partial charge in [0.15, 0.2) is 9.84 Å². The first-order chi connectivity index (χ1) is 8.39. The van der Waals surface area contributed by atoms with Crippen LogP contribution in [0.25, 0.3) is 0 Å². The molecule has 0 radical (unpaired) electrons. The summed E-state index contributed by atoms with van der Waals surface area (Å²) in [5.41, 5.74) is 7.65. The Kier molecular flexibility index (Phi) is 3.18. The van der Waals surface area contributed by atoms with Crippen molar-refractivity contribution in [2.24, 2.45) is 12.8 Å². The van der Waals surface area contributed by atoms with Gasteiger partial charge in [-0.05, 0) is 17.7 Å². The lowest BCUT2D eigenvalue weighted by Gasteiger charge is -2.11. The fourth-order valence-electron chi connectivity index (χ4n) is 1.67. The van der Waals surface area contributed by atoms with Crippen LogP contribution in [-0.2, 0) is 16.9 Å².